The van der Waals surface area contributed by atoms with Crippen LogP contribution in [0.2, 0.25) is 0 Å². The minimum atomic E-state index is -1.41. The molecule has 0 heterocycles. The van der Waals surface area contributed by atoms with Gasteiger partial charge in [-0.3, -0.25) is 9.00 Å². The number of rotatable bonds is 6. The van der Waals surface area contributed by atoms with Crippen molar-refractivity contribution < 1.29 is 13.4 Å². The van der Waals surface area contributed by atoms with Gasteiger partial charge in [0.1, 0.15) is 11.1 Å². The van der Waals surface area contributed by atoms with E-state index in [1.165, 1.54) is 12.1 Å². The van der Waals surface area contributed by atoms with Crippen molar-refractivity contribution in [2.75, 3.05) is 11.4 Å². The fourth-order valence-electron chi connectivity index (χ4n) is 2.32. The van der Waals surface area contributed by atoms with Gasteiger partial charge < -0.3 is 4.90 Å². The van der Waals surface area contributed by atoms with Crippen molar-refractivity contribution in [2.45, 2.75) is 24.9 Å². The summed E-state index contributed by atoms with van der Waals surface area (Å²) in [6, 6.07) is 15.3. The minimum absolute atomic E-state index is 0.164. The molecule has 0 unspecified atom stereocenters. The fraction of sp³-hybridized carbons (Fsp3) is 0.278. The molecule has 0 N–H and O–H groups in total. The monoisotopic (exact) mass is 333 g/mol. The fourth-order valence-corrected chi connectivity index (χ4v) is 3.43. The largest absolute Gasteiger partial charge is 0.312 e. The maximum atomic E-state index is 13.2. The third-order valence-corrected chi connectivity index (χ3v) is 5.20. The van der Waals surface area contributed by atoms with Crippen molar-refractivity contribution in [1.29, 1.82) is 0 Å². The Bertz CT molecular complexity index is 690. The summed E-state index contributed by atoms with van der Waals surface area (Å²) in [5.74, 6) is -0.386. The van der Waals surface area contributed by atoms with Gasteiger partial charge in [0.25, 0.3) is 0 Å². The van der Waals surface area contributed by atoms with Crippen LogP contribution in [0.15, 0.2) is 54.6 Å². The Labute approximate surface area is 138 Å². The van der Waals surface area contributed by atoms with Crippen LogP contribution in [-0.4, -0.2) is 21.9 Å². The van der Waals surface area contributed by atoms with Crippen LogP contribution in [0.25, 0.3) is 0 Å². The van der Waals surface area contributed by atoms with Crippen LogP contribution in [0.5, 0.6) is 0 Å². The molecule has 23 heavy (non-hydrogen) atoms. The number of amides is 1. The Kier molecular flexibility index (Phi) is 6.04. The van der Waals surface area contributed by atoms with Crippen LogP contribution in [-0.2, 0) is 21.3 Å². The second-order valence-corrected chi connectivity index (χ2v) is 6.97. The number of hydrogen-bond donors (Lipinski definition) is 0. The van der Waals surface area contributed by atoms with Crippen LogP contribution in [0.1, 0.15) is 19.4 Å². The third-order valence-electron chi connectivity index (χ3n) is 3.59. The van der Waals surface area contributed by atoms with Gasteiger partial charge in [-0.05, 0) is 43.7 Å². The average Bonchev–Trinajstić information content (AvgIpc) is 2.55. The summed E-state index contributed by atoms with van der Waals surface area (Å²) in [5.41, 5.74) is 1.42. The minimum Gasteiger partial charge on any atom is -0.312 e. The van der Waals surface area contributed by atoms with Crippen LogP contribution in [0.3, 0.4) is 0 Å². The van der Waals surface area contributed by atoms with Crippen LogP contribution in [0, 0.1) is 5.82 Å². The van der Waals surface area contributed by atoms with Crippen LogP contribution < -0.4 is 4.90 Å². The molecule has 0 spiro atoms. The zero-order valence-electron chi connectivity index (χ0n) is 13.2. The topological polar surface area (TPSA) is 37.4 Å². The lowest BCUT2D eigenvalue weighted by atomic mass is 10.2. The Balaban J connectivity index is 2.10. The van der Waals surface area contributed by atoms with E-state index >= 15 is 0 Å². The van der Waals surface area contributed by atoms with E-state index < -0.39 is 16.0 Å². The number of benzene rings is 2. The first kappa shape index (κ1) is 17.3. The van der Waals surface area contributed by atoms with E-state index in [0.717, 1.165) is 5.69 Å². The predicted molar refractivity (Wildman–Crippen MR) is 92.2 cm³/mol. The van der Waals surface area contributed by atoms with Gasteiger partial charge in [0, 0.05) is 28.8 Å². The molecule has 0 aliphatic carbocycles. The molecule has 0 aromatic heterocycles. The molecule has 1 amide bonds. The summed E-state index contributed by atoms with van der Waals surface area (Å²) in [5, 5.41) is -0.654. The maximum absolute atomic E-state index is 13.2. The summed E-state index contributed by atoms with van der Waals surface area (Å²) in [4.78, 5) is 14.3. The number of carbonyl (C=O) groups is 1. The predicted octanol–water partition coefficient (Wildman–Crippen LogP) is 3.52. The molecule has 0 fully saturated rings. The average molecular weight is 333 g/mol. The van der Waals surface area contributed by atoms with Gasteiger partial charge in [-0.2, -0.15) is 0 Å². The zero-order valence-corrected chi connectivity index (χ0v) is 14.1. The molecule has 2 atom stereocenters. The first-order valence-electron chi connectivity index (χ1n) is 7.51. The molecule has 5 heteroatoms. The molecule has 0 radical (unpaired) electrons. The highest BCUT2D eigenvalue weighted by molar-refractivity contribution is 7.85. The molecule has 0 aliphatic rings. The molecule has 2 rings (SSSR count). The third kappa shape index (κ3) is 4.48. The van der Waals surface area contributed by atoms with Crippen molar-refractivity contribution in [2.24, 2.45) is 0 Å². The molecular weight excluding hydrogens is 313 g/mol. The van der Waals surface area contributed by atoms with E-state index in [4.69, 9.17) is 0 Å². The van der Waals surface area contributed by atoms with E-state index in [2.05, 4.69) is 0 Å². The Morgan fingerprint density at radius 2 is 1.87 bits per heavy atom. The van der Waals surface area contributed by atoms with E-state index in [9.17, 15) is 13.4 Å². The van der Waals surface area contributed by atoms with Gasteiger partial charge in [0.15, 0.2) is 0 Å². The molecular formula is C18H20FNO2S. The highest BCUT2D eigenvalue weighted by Gasteiger charge is 2.25. The van der Waals surface area contributed by atoms with E-state index in [1.54, 1.807) is 24.0 Å². The standard InChI is InChI=1S/C18H20FNO2S/c1-3-20(17-10-5-4-6-11-17)18(21)14(2)23(22)13-15-8-7-9-16(19)12-15/h4-12,14H,3,13H2,1-2H3/t14-,23+/m1/s1. The van der Waals surface area contributed by atoms with Crippen LogP contribution >= 0.6 is 0 Å². The van der Waals surface area contributed by atoms with Crippen molar-refractivity contribution in [3.05, 3.63) is 66.0 Å². The lowest BCUT2D eigenvalue weighted by molar-refractivity contribution is -0.117. The molecule has 0 aliphatic heterocycles. The Morgan fingerprint density at radius 3 is 2.48 bits per heavy atom. The summed E-state index contributed by atoms with van der Waals surface area (Å²) in [7, 11) is -1.41. The van der Waals surface area contributed by atoms with Gasteiger partial charge >= 0.3 is 0 Å². The number of hydrogen-bond acceptors (Lipinski definition) is 2. The van der Waals surface area contributed by atoms with E-state index in [0.29, 0.717) is 12.1 Å². The van der Waals surface area contributed by atoms with Gasteiger partial charge in [-0.15, -0.1) is 0 Å². The lowest BCUT2D eigenvalue weighted by Gasteiger charge is -2.24. The van der Waals surface area contributed by atoms with Crippen molar-refractivity contribution in [3.63, 3.8) is 0 Å². The summed E-state index contributed by atoms with van der Waals surface area (Å²) < 4.78 is 25.7. The number of nitrogens with zero attached hydrogens (tertiary/aromatic N) is 1. The van der Waals surface area contributed by atoms with E-state index in [1.807, 2.05) is 37.3 Å². The molecule has 2 aromatic carbocycles. The highest BCUT2D eigenvalue weighted by Crippen LogP contribution is 2.17. The first-order valence-corrected chi connectivity index (χ1v) is 8.89. The molecule has 3 nitrogen and oxygen atoms in total. The lowest BCUT2D eigenvalue weighted by Crippen LogP contribution is -2.40. The normalized spacial score (nSPS) is 13.3. The molecule has 122 valence electrons. The molecule has 0 saturated carbocycles. The second kappa shape index (κ2) is 8.02. The smallest absolute Gasteiger partial charge is 0.242 e. The summed E-state index contributed by atoms with van der Waals surface area (Å²) in [6.07, 6.45) is 0. The maximum Gasteiger partial charge on any atom is 0.242 e. The number of carbonyl (C=O) groups excluding carboxylic acids is 1. The summed E-state index contributed by atoms with van der Waals surface area (Å²) in [6.45, 7) is 4.04. The Morgan fingerprint density at radius 1 is 1.17 bits per heavy atom. The quantitative estimate of drug-likeness (QED) is 0.811. The number of para-hydroxylation sites is 1. The van der Waals surface area contributed by atoms with Gasteiger partial charge in [-0.25, -0.2) is 4.39 Å². The van der Waals surface area contributed by atoms with Gasteiger partial charge in [0.05, 0.1) is 0 Å². The summed E-state index contributed by atoms with van der Waals surface area (Å²) >= 11 is 0. The highest BCUT2D eigenvalue weighted by atomic mass is 32.2. The first-order chi connectivity index (χ1) is 11.0. The van der Waals surface area contributed by atoms with Crippen LogP contribution in [0.4, 0.5) is 10.1 Å². The molecule has 2 aromatic rings. The van der Waals surface area contributed by atoms with Crippen molar-refractivity contribution in [1.82, 2.24) is 0 Å². The number of anilines is 1. The van der Waals surface area contributed by atoms with E-state index in [-0.39, 0.29) is 17.5 Å². The molecule has 0 bridgehead atoms. The number of halogens is 1. The zero-order chi connectivity index (χ0) is 16.8. The van der Waals surface area contributed by atoms with Gasteiger partial charge in [-0.1, -0.05) is 30.3 Å². The SMILES string of the molecule is CCN(C(=O)[C@@H](C)[S@@](=O)Cc1cccc(F)c1)c1ccccc1. The van der Waals surface area contributed by atoms with Crippen molar-refractivity contribution in [3.8, 4) is 0 Å². The van der Waals surface area contributed by atoms with Crippen molar-refractivity contribution >= 4 is 22.4 Å². The second-order valence-electron chi connectivity index (χ2n) is 5.22. The Hall–Kier alpha value is -2.01. The van der Waals surface area contributed by atoms with Gasteiger partial charge in [0.2, 0.25) is 5.91 Å². The molecule has 0 saturated heterocycles.